The molecular formula is C21H18F2N4O2. The maximum Gasteiger partial charge on any atom is 0.320 e. The molecule has 4 aromatic rings. The Hall–Kier alpha value is -3.55. The van der Waals surface area contributed by atoms with E-state index in [0.717, 1.165) is 9.95 Å². The van der Waals surface area contributed by atoms with E-state index < -0.39 is 18.5 Å². The second kappa shape index (κ2) is 7.46. The molecule has 0 fully saturated rings. The van der Waals surface area contributed by atoms with Gasteiger partial charge in [0.05, 0.1) is 29.7 Å². The zero-order valence-electron chi connectivity index (χ0n) is 15.8. The van der Waals surface area contributed by atoms with E-state index in [2.05, 4.69) is 15.3 Å². The summed E-state index contributed by atoms with van der Waals surface area (Å²) < 4.78 is 33.3. The Labute approximate surface area is 165 Å². The average Bonchev–Trinajstić information content (AvgIpc) is 3.13. The normalized spacial score (nSPS) is 12.4. The summed E-state index contributed by atoms with van der Waals surface area (Å²) in [5.74, 6) is 0.305. The SMILES string of the molecule is COc1ccc2nc(C(=O)NC(C)c3nc4ccccc4n3C(F)F)ccc2c1. The second-order valence-corrected chi connectivity index (χ2v) is 6.56. The van der Waals surface area contributed by atoms with Gasteiger partial charge in [0.25, 0.3) is 5.91 Å². The van der Waals surface area contributed by atoms with Crippen LogP contribution in [0.2, 0.25) is 0 Å². The highest BCUT2D eigenvalue weighted by Crippen LogP contribution is 2.27. The number of hydrogen-bond donors (Lipinski definition) is 1. The maximum absolute atomic E-state index is 13.6. The third-order valence-corrected chi connectivity index (χ3v) is 4.68. The molecule has 2 aromatic heterocycles. The first-order valence-corrected chi connectivity index (χ1v) is 8.98. The number of para-hydroxylation sites is 2. The third-order valence-electron chi connectivity index (χ3n) is 4.68. The quantitative estimate of drug-likeness (QED) is 0.540. The van der Waals surface area contributed by atoms with Crippen LogP contribution in [-0.2, 0) is 0 Å². The number of nitrogens with one attached hydrogen (secondary N) is 1. The number of aromatic nitrogens is 3. The molecule has 0 saturated heterocycles. The topological polar surface area (TPSA) is 69.0 Å². The first kappa shape index (κ1) is 18.8. The van der Waals surface area contributed by atoms with Crippen LogP contribution >= 0.6 is 0 Å². The predicted octanol–water partition coefficient (Wildman–Crippen LogP) is 4.48. The summed E-state index contributed by atoms with van der Waals surface area (Å²) in [6.45, 7) is -1.16. The Kier molecular flexibility index (Phi) is 4.84. The number of imidazole rings is 1. The Balaban J connectivity index is 1.62. The lowest BCUT2D eigenvalue weighted by Gasteiger charge is -2.15. The number of carbonyl (C=O) groups excluding carboxylic acids is 1. The van der Waals surface area contributed by atoms with E-state index in [9.17, 15) is 13.6 Å². The van der Waals surface area contributed by atoms with Crippen LogP contribution in [0.5, 0.6) is 5.75 Å². The van der Waals surface area contributed by atoms with Gasteiger partial charge in [-0.15, -0.1) is 0 Å². The lowest BCUT2D eigenvalue weighted by atomic mass is 10.2. The van der Waals surface area contributed by atoms with Gasteiger partial charge in [-0.2, -0.15) is 8.78 Å². The number of amides is 1. The zero-order valence-corrected chi connectivity index (χ0v) is 15.8. The molecule has 0 aliphatic rings. The van der Waals surface area contributed by atoms with E-state index in [1.54, 1.807) is 62.6 Å². The van der Waals surface area contributed by atoms with Gasteiger partial charge in [0, 0.05) is 5.39 Å². The standard InChI is InChI=1S/C21H18F2N4O2/c1-12(19-26-16-5-3-4-6-18(16)27(19)21(22)23)24-20(28)17-9-7-13-11-14(29-2)8-10-15(13)25-17/h3-12,21H,1-2H3,(H,24,28). The number of fused-ring (bicyclic) bond motifs is 2. The van der Waals surface area contributed by atoms with Crippen molar-refractivity contribution in [3.05, 3.63) is 66.1 Å². The van der Waals surface area contributed by atoms with Gasteiger partial charge in [0.15, 0.2) is 0 Å². The van der Waals surface area contributed by atoms with E-state index in [0.29, 0.717) is 22.3 Å². The fourth-order valence-corrected chi connectivity index (χ4v) is 3.27. The molecule has 148 valence electrons. The number of benzene rings is 2. The highest BCUT2D eigenvalue weighted by Gasteiger charge is 2.23. The minimum absolute atomic E-state index is 0.0834. The number of halogens is 2. The number of nitrogens with zero attached hydrogens (tertiary/aromatic N) is 3. The van der Waals surface area contributed by atoms with Gasteiger partial charge in [-0.1, -0.05) is 18.2 Å². The highest BCUT2D eigenvalue weighted by atomic mass is 19.3. The minimum Gasteiger partial charge on any atom is -0.497 e. The predicted molar refractivity (Wildman–Crippen MR) is 105 cm³/mol. The molecule has 0 aliphatic carbocycles. The monoisotopic (exact) mass is 396 g/mol. The Morgan fingerprint density at radius 2 is 1.86 bits per heavy atom. The zero-order chi connectivity index (χ0) is 20.5. The molecule has 0 radical (unpaired) electrons. The van der Waals surface area contributed by atoms with Crippen molar-refractivity contribution in [3.63, 3.8) is 0 Å². The molecule has 0 aliphatic heterocycles. The number of methoxy groups -OCH3 is 1. The van der Waals surface area contributed by atoms with E-state index >= 15 is 0 Å². The van der Waals surface area contributed by atoms with Crippen molar-refractivity contribution < 1.29 is 18.3 Å². The van der Waals surface area contributed by atoms with Gasteiger partial charge in [0.1, 0.15) is 17.3 Å². The van der Waals surface area contributed by atoms with E-state index in [4.69, 9.17) is 4.74 Å². The molecule has 1 atom stereocenters. The van der Waals surface area contributed by atoms with Crippen LogP contribution in [0.3, 0.4) is 0 Å². The smallest absolute Gasteiger partial charge is 0.320 e. The molecule has 1 amide bonds. The van der Waals surface area contributed by atoms with E-state index in [1.165, 1.54) is 0 Å². The molecule has 1 N–H and O–H groups in total. The highest BCUT2D eigenvalue weighted by molar-refractivity contribution is 5.95. The average molecular weight is 396 g/mol. The molecule has 0 saturated carbocycles. The fourth-order valence-electron chi connectivity index (χ4n) is 3.27. The van der Waals surface area contributed by atoms with E-state index in [-0.39, 0.29) is 11.5 Å². The second-order valence-electron chi connectivity index (χ2n) is 6.56. The number of carbonyl (C=O) groups is 1. The molecular weight excluding hydrogens is 378 g/mol. The van der Waals surface area contributed by atoms with Gasteiger partial charge in [-0.25, -0.2) is 9.97 Å². The van der Waals surface area contributed by atoms with Gasteiger partial charge in [-0.05, 0) is 43.3 Å². The molecule has 4 rings (SSSR count). The number of alkyl halides is 2. The third kappa shape index (κ3) is 3.49. The molecule has 2 heterocycles. The summed E-state index contributed by atoms with van der Waals surface area (Å²) in [5.41, 5.74) is 1.58. The van der Waals surface area contributed by atoms with Gasteiger partial charge in [-0.3, -0.25) is 9.36 Å². The van der Waals surface area contributed by atoms with Crippen molar-refractivity contribution in [1.82, 2.24) is 19.9 Å². The summed E-state index contributed by atoms with van der Waals surface area (Å²) in [6, 6.07) is 14.6. The lowest BCUT2D eigenvalue weighted by Crippen LogP contribution is -2.29. The van der Waals surface area contributed by atoms with Crippen molar-refractivity contribution in [2.24, 2.45) is 0 Å². The lowest BCUT2D eigenvalue weighted by molar-refractivity contribution is 0.0687. The maximum atomic E-state index is 13.6. The van der Waals surface area contributed by atoms with Crippen molar-refractivity contribution in [2.75, 3.05) is 7.11 Å². The van der Waals surface area contributed by atoms with Gasteiger partial charge in [0.2, 0.25) is 0 Å². The van der Waals surface area contributed by atoms with Crippen molar-refractivity contribution >= 4 is 27.8 Å². The Bertz CT molecular complexity index is 1210. The summed E-state index contributed by atoms with van der Waals surface area (Å²) >= 11 is 0. The molecule has 1 unspecified atom stereocenters. The first-order valence-electron chi connectivity index (χ1n) is 8.98. The summed E-state index contributed by atoms with van der Waals surface area (Å²) in [6.07, 6.45) is 0. The molecule has 6 nitrogen and oxygen atoms in total. The molecule has 8 heteroatoms. The first-order chi connectivity index (χ1) is 14.0. The Morgan fingerprint density at radius 1 is 1.07 bits per heavy atom. The number of hydrogen-bond acceptors (Lipinski definition) is 4. The summed E-state index contributed by atoms with van der Waals surface area (Å²) in [4.78, 5) is 21.3. The van der Waals surface area contributed by atoms with Crippen LogP contribution in [0.25, 0.3) is 21.9 Å². The Morgan fingerprint density at radius 3 is 2.62 bits per heavy atom. The van der Waals surface area contributed by atoms with Crippen LogP contribution < -0.4 is 10.1 Å². The molecule has 0 bridgehead atoms. The number of ether oxygens (including phenoxy) is 1. The van der Waals surface area contributed by atoms with Crippen LogP contribution in [0.1, 0.15) is 35.8 Å². The molecule has 29 heavy (non-hydrogen) atoms. The van der Waals surface area contributed by atoms with Crippen LogP contribution in [-0.4, -0.2) is 27.6 Å². The minimum atomic E-state index is -2.77. The molecule has 2 aromatic carbocycles. The molecule has 0 spiro atoms. The van der Waals surface area contributed by atoms with Crippen LogP contribution in [0.4, 0.5) is 8.78 Å². The fraction of sp³-hybridized carbons (Fsp3) is 0.190. The summed E-state index contributed by atoms with van der Waals surface area (Å²) in [7, 11) is 1.57. The van der Waals surface area contributed by atoms with Crippen LogP contribution in [0, 0.1) is 0 Å². The van der Waals surface area contributed by atoms with Crippen molar-refractivity contribution in [2.45, 2.75) is 19.5 Å². The van der Waals surface area contributed by atoms with Gasteiger partial charge >= 0.3 is 6.55 Å². The largest absolute Gasteiger partial charge is 0.497 e. The van der Waals surface area contributed by atoms with E-state index in [1.807, 2.05) is 6.07 Å². The number of pyridine rings is 1. The van der Waals surface area contributed by atoms with Crippen molar-refractivity contribution in [3.8, 4) is 5.75 Å². The number of rotatable bonds is 5. The van der Waals surface area contributed by atoms with Crippen LogP contribution in [0.15, 0.2) is 54.6 Å². The van der Waals surface area contributed by atoms with Crippen molar-refractivity contribution in [1.29, 1.82) is 0 Å². The van der Waals surface area contributed by atoms with Gasteiger partial charge < -0.3 is 10.1 Å². The summed E-state index contributed by atoms with van der Waals surface area (Å²) in [5, 5.41) is 3.54.